The molecule has 1 heterocycles. The van der Waals surface area contributed by atoms with Gasteiger partial charge in [0.2, 0.25) is 0 Å². The summed E-state index contributed by atoms with van der Waals surface area (Å²) >= 11 is 1.62. The van der Waals surface area contributed by atoms with Gasteiger partial charge in [0.1, 0.15) is 5.01 Å². The first kappa shape index (κ1) is 12.1. The Balaban J connectivity index is 1.73. The van der Waals surface area contributed by atoms with Crippen LogP contribution in [0.15, 0.2) is 11.6 Å². The van der Waals surface area contributed by atoms with E-state index in [2.05, 4.69) is 17.2 Å². The Bertz CT molecular complexity index is 434. The van der Waals surface area contributed by atoms with E-state index in [4.69, 9.17) is 0 Å². The molecule has 0 aromatic carbocycles. The van der Waals surface area contributed by atoms with Crippen molar-refractivity contribution >= 4 is 17.3 Å². The highest BCUT2D eigenvalue weighted by molar-refractivity contribution is 7.09. The van der Waals surface area contributed by atoms with E-state index in [1.54, 1.807) is 17.5 Å². The smallest absolute Gasteiger partial charge is 0.308 e. The molecule has 5 atom stereocenters. The van der Waals surface area contributed by atoms with Crippen LogP contribution in [0, 0.1) is 17.8 Å². The fourth-order valence-electron chi connectivity index (χ4n) is 3.69. The van der Waals surface area contributed by atoms with Crippen LogP contribution in [-0.4, -0.2) is 22.1 Å². The molecular weight excluding hydrogens is 248 g/mol. The van der Waals surface area contributed by atoms with E-state index in [0.29, 0.717) is 11.8 Å². The van der Waals surface area contributed by atoms with E-state index < -0.39 is 5.97 Å². The highest BCUT2D eigenvalue weighted by atomic mass is 32.1. The third kappa shape index (κ3) is 1.95. The third-order valence-corrected chi connectivity index (χ3v) is 5.42. The first-order valence-corrected chi connectivity index (χ1v) is 7.43. The van der Waals surface area contributed by atoms with E-state index in [1.165, 1.54) is 6.42 Å². The fourth-order valence-corrected chi connectivity index (χ4v) is 4.35. The van der Waals surface area contributed by atoms with Crippen LogP contribution in [0.25, 0.3) is 0 Å². The summed E-state index contributed by atoms with van der Waals surface area (Å²) in [5.74, 6) is 0.0872. The Hall–Kier alpha value is -0.940. The number of carboxylic acids is 1. The van der Waals surface area contributed by atoms with Gasteiger partial charge in [-0.3, -0.25) is 4.79 Å². The van der Waals surface area contributed by atoms with Crippen LogP contribution in [0.3, 0.4) is 0 Å². The summed E-state index contributed by atoms with van der Waals surface area (Å²) in [4.78, 5) is 15.7. The molecule has 1 aromatic heterocycles. The first-order valence-electron chi connectivity index (χ1n) is 6.55. The van der Waals surface area contributed by atoms with Crippen molar-refractivity contribution in [1.82, 2.24) is 10.3 Å². The molecule has 0 saturated heterocycles. The van der Waals surface area contributed by atoms with Crippen LogP contribution in [0.4, 0.5) is 0 Å². The van der Waals surface area contributed by atoms with Crippen molar-refractivity contribution in [3.05, 3.63) is 16.6 Å². The number of hydrogen-bond donors (Lipinski definition) is 2. The number of rotatable bonds is 4. The van der Waals surface area contributed by atoms with Gasteiger partial charge in [-0.2, -0.15) is 0 Å². The van der Waals surface area contributed by atoms with Crippen LogP contribution >= 0.6 is 11.3 Å². The van der Waals surface area contributed by atoms with Crippen molar-refractivity contribution in [2.45, 2.75) is 38.3 Å². The summed E-state index contributed by atoms with van der Waals surface area (Å²) in [6.07, 6.45) is 5.15. The van der Waals surface area contributed by atoms with E-state index in [-0.39, 0.29) is 18.0 Å². The number of hydrogen-bond acceptors (Lipinski definition) is 4. The normalized spacial score (nSPS) is 35.8. The average molecular weight is 266 g/mol. The summed E-state index contributed by atoms with van der Waals surface area (Å²) in [7, 11) is 0. The molecule has 5 heteroatoms. The highest BCUT2D eigenvalue weighted by Gasteiger charge is 2.51. The molecule has 2 aliphatic rings. The van der Waals surface area contributed by atoms with Crippen LogP contribution in [0.1, 0.15) is 37.2 Å². The fraction of sp³-hybridized carbons (Fsp3) is 0.692. The summed E-state index contributed by atoms with van der Waals surface area (Å²) in [5.41, 5.74) is 0. The molecule has 0 radical (unpaired) electrons. The summed E-state index contributed by atoms with van der Waals surface area (Å²) in [6.45, 7) is 2.07. The van der Waals surface area contributed by atoms with E-state index in [0.717, 1.165) is 17.8 Å². The van der Waals surface area contributed by atoms with Gasteiger partial charge in [-0.15, -0.1) is 11.3 Å². The third-order valence-electron chi connectivity index (χ3n) is 4.47. The number of aliphatic carboxylic acids is 1. The zero-order valence-corrected chi connectivity index (χ0v) is 11.2. The Morgan fingerprint density at radius 3 is 3.00 bits per heavy atom. The quantitative estimate of drug-likeness (QED) is 0.877. The Kier molecular flexibility index (Phi) is 3.11. The van der Waals surface area contributed by atoms with Crippen LogP contribution in [-0.2, 0) is 4.79 Å². The molecule has 0 amide bonds. The molecule has 2 bridgehead atoms. The SMILES string of the molecule is CC(NC1C2CCC(C2)C1C(=O)O)c1nccs1. The largest absolute Gasteiger partial charge is 0.481 e. The molecule has 2 saturated carbocycles. The number of carbonyl (C=O) groups is 1. The standard InChI is InChI=1S/C13H18N2O2S/c1-7(12-14-4-5-18-12)15-11-9-3-2-8(6-9)10(11)13(16)17/h4-5,7-11,15H,2-3,6H2,1H3,(H,16,17). The van der Waals surface area contributed by atoms with Gasteiger partial charge in [-0.25, -0.2) is 4.98 Å². The predicted molar refractivity (Wildman–Crippen MR) is 69.4 cm³/mol. The van der Waals surface area contributed by atoms with E-state index in [9.17, 15) is 9.90 Å². The number of carboxylic acid groups (broad SMARTS) is 1. The van der Waals surface area contributed by atoms with Gasteiger partial charge in [-0.1, -0.05) is 0 Å². The zero-order chi connectivity index (χ0) is 12.7. The van der Waals surface area contributed by atoms with Gasteiger partial charge in [0, 0.05) is 17.6 Å². The topological polar surface area (TPSA) is 62.2 Å². The number of thiazole rings is 1. The van der Waals surface area contributed by atoms with Gasteiger partial charge in [0.15, 0.2) is 0 Å². The molecule has 0 aliphatic heterocycles. The molecule has 2 fully saturated rings. The van der Waals surface area contributed by atoms with Crippen molar-refractivity contribution < 1.29 is 9.90 Å². The van der Waals surface area contributed by atoms with Crippen LogP contribution in [0.5, 0.6) is 0 Å². The van der Waals surface area contributed by atoms with Crippen LogP contribution < -0.4 is 5.32 Å². The van der Waals surface area contributed by atoms with Crippen molar-refractivity contribution in [1.29, 1.82) is 0 Å². The Labute approximate surface area is 110 Å². The lowest BCUT2D eigenvalue weighted by Gasteiger charge is -2.31. The molecule has 18 heavy (non-hydrogen) atoms. The number of fused-ring (bicyclic) bond motifs is 2. The molecule has 2 N–H and O–H groups in total. The molecular formula is C13H18N2O2S. The molecule has 3 rings (SSSR count). The molecule has 98 valence electrons. The summed E-state index contributed by atoms with van der Waals surface area (Å²) in [5, 5.41) is 15.9. The second-order valence-electron chi connectivity index (χ2n) is 5.48. The Morgan fingerprint density at radius 1 is 1.56 bits per heavy atom. The van der Waals surface area contributed by atoms with Gasteiger partial charge in [-0.05, 0) is 38.0 Å². The zero-order valence-electron chi connectivity index (χ0n) is 10.4. The maximum absolute atomic E-state index is 11.4. The van der Waals surface area contributed by atoms with Gasteiger partial charge >= 0.3 is 5.97 Å². The van der Waals surface area contributed by atoms with Crippen molar-refractivity contribution in [2.75, 3.05) is 0 Å². The lowest BCUT2D eigenvalue weighted by molar-refractivity contribution is -0.144. The number of aromatic nitrogens is 1. The molecule has 2 aliphatic carbocycles. The summed E-state index contributed by atoms with van der Waals surface area (Å²) < 4.78 is 0. The van der Waals surface area contributed by atoms with E-state index >= 15 is 0 Å². The van der Waals surface area contributed by atoms with Gasteiger partial charge in [0.05, 0.1) is 12.0 Å². The lowest BCUT2D eigenvalue weighted by atomic mass is 9.84. The average Bonchev–Trinajstić information content (AvgIpc) is 3.05. The Morgan fingerprint density at radius 2 is 2.33 bits per heavy atom. The maximum atomic E-state index is 11.4. The van der Waals surface area contributed by atoms with E-state index in [1.807, 2.05) is 5.38 Å². The van der Waals surface area contributed by atoms with Crippen molar-refractivity contribution in [3.8, 4) is 0 Å². The van der Waals surface area contributed by atoms with Gasteiger partial charge in [0.25, 0.3) is 0 Å². The second-order valence-corrected chi connectivity index (χ2v) is 6.41. The number of nitrogens with one attached hydrogen (secondary N) is 1. The molecule has 1 aromatic rings. The van der Waals surface area contributed by atoms with Crippen molar-refractivity contribution in [2.24, 2.45) is 17.8 Å². The predicted octanol–water partition coefficient (Wildman–Crippen LogP) is 2.29. The highest BCUT2D eigenvalue weighted by Crippen LogP contribution is 2.49. The minimum Gasteiger partial charge on any atom is -0.481 e. The monoisotopic (exact) mass is 266 g/mol. The van der Waals surface area contributed by atoms with Gasteiger partial charge < -0.3 is 10.4 Å². The molecule has 5 unspecified atom stereocenters. The second kappa shape index (κ2) is 4.63. The molecule has 0 spiro atoms. The minimum absolute atomic E-state index is 0.125. The van der Waals surface area contributed by atoms with Crippen LogP contribution in [0.2, 0.25) is 0 Å². The molecule has 4 nitrogen and oxygen atoms in total. The lowest BCUT2D eigenvalue weighted by Crippen LogP contribution is -2.45. The van der Waals surface area contributed by atoms with Crippen molar-refractivity contribution in [3.63, 3.8) is 0 Å². The number of nitrogens with zero attached hydrogens (tertiary/aromatic N) is 1. The first-order chi connectivity index (χ1) is 8.66. The summed E-state index contributed by atoms with van der Waals surface area (Å²) in [6, 6.07) is 0.274. The maximum Gasteiger partial charge on any atom is 0.308 e. The minimum atomic E-state index is -0.633.